The van der Waals surface area contributed by atoms with Gasteiger partial charge < -0.3 is 0 Å². The van der Waals surface area contributed by atoms with E-state index in [1.165, 1.54) is 32.4 Å². The molecule has 0 amide bonds. The van der Waals surface area contributed by atoms with Gasteiger partial charge in [-0.15, -0.1) is 0 Å². The number of ether oxygens (including phenoxy) is 1. The van der Waals surface area contributed by atoms with Gasteiger partial charge in [-0.25, -0.2) is 0 Å². The standard InChI is InChI=1S/C9H17O2.2C2H5.Sb/c1-3-5-6-7-8-9(10)11-4-2;2*1-2;/h1,3-8H2,2H3;2*1H2,2H3;. The zero-order valence-corrected chi connectivity index (χ0v) is 13.7. The summed E-state index contributed by atoms with van der Waals surface area (Å²) in [5.41, 5.74) is 0. The molecule has 0 aromatic carbocycles. The van der Waals surface area contributed by atoms with Crippen LogP contribution in [-0.4, -0.2) is 32.8 Å². The Bertz CT molecular complexity index is 167. The predicted octanol–water partition coefficient (Wildman–Crippen LogP) is 4.03. The van der Waals surface area contributed by atoms with E-state index in [2.05, 4.69) is 13.8 Å². The number of rotatable bonds is 10. The molecule has 0 unspecified atom stereocenters. The summed E-state index contributed by atoms with van der Waals surface area (Å²) >= 11 is -0.774. The van der Waals surface area contributed by atoms with E-state index in [0.29, 0.717) is 13.0 Å². The Morgan fingerprint density at radius 2 is 1.62 bits per heavy atom. The van der Waals surface area contributed by atoms with E-state index in [0.717, 1.165) is 6.42 Å². The van der Waals surface area contributed by atoms with E-state index in [9.17, 15) is 4.79 Å². The van der Waals surface area contributed by atoms with Gasteiger partial charge in [0, 0.05) is 0 Å². The summed E-state index contributed by atoms with van der Waals surface area (Å²) in [5, 5.41) is 0. The van der Waals surface area contributed by atoms with Gasteiger partial charge in [0.1, 0.15) is 0 Å². The third kappa shape index (κ3) is 9.51. The van der Waals surface area contributed by atoms with Gasteiger partial charge in [0.15, 0.2) is 0 Å². The molecule has 0 bridgehead atoms. The Hall–Kier alpha value is 0.288. The van der Waals surface area contributed by atoms with Crippen LogP contribution in [0.15, 0.2) is 0 Å². The van der Waals surface area contributed by atoms with Crippen LogP contribution in [0.2, 0.25) is 13.1 Å². The predicted molar refractivity (Wildman–Crippen MR) is 71.2 cm³/mol. The Balaban J connectivity index is 3.24. The van der Waals surface area contributed by atoms with Gasteiger partial charge in [0.25, 0.3) is 0 Å². The average Bonchev–Trinajstić information content (AvgIpc) is 2.29. The first-order chi connectivity index (χ1) is 7.74. The molecule has 0 radical (unpaired) electrons. The van der Waals surface area contributed by atoms with Crippen molar-refractivity contribution in [1.82, 2.24) is 0 Å². The molecule has 0 fully saturated rings. The van der Waals surface area contributed by atoms with Crippen LogP contribution >= 0.6 is 0 Å². The summed E-state index contributed by atoms with van der Waals surface area (Å²) in [4.78, 5) is 11.1. The third-order valence-electron chi connectivity index (χ3n) is 2.80. The molecule has 0 aromatic rings. The van der Waals surface area contributed by atoms with Crippen molar-refractivity contribution in [3.05, 3.63) is 0 Å². The summed E-state index contributed by atoms with van der Waals surface area (Å²) < 4.78 is 9.40. The molecule has 0 rings (SSSR count). The molecule has 0 aliphatic carbocycles. The Morgan fingerprint density at radius 1 is 1.00 bits per heavy atom. The topological polar surface area (TPSA) is 26.3 Å². The summed E-state index contributed by atoms with van der Waals surface area (Å²) in [6, 6.07) is 0. The normalized spacial score (nSPS) is 10.8. The molecule has 96 valence electrons. The fourth-order valence-electron chi connectivity index (χ4n) is 1.73. The van der Waals surface area contributed by atoms with Gasteiger partial charge >= 0.3 is 108 Å². The van der Waals surface area contributed by atoms with Crippen LogP contribution in [-0.2, 0) is 9.53 Å². The van der Waals surface area contributed by atoms with Gasteiger partial charge in [-0.3, -0.25) is 0 Å². The molecular weight excluding hydrogens is 310 g/mol. The molecule has 0 saturated carbocycles. The molecule has 0 aliphatic heterocycles. The van der Waals surface area contributed by atoms with Crippen molar-refractivity contribution in [3.63, 3.8) is 0 Å². The molecule has 0 saturated heterocycles. The van der Waals surface area contributed by atoms with E-state index in [4.69, 9.17) is 4.74 Å². The maximum absolute atomic E-state index is 11.1. The SMILES string of the molecule is CCOC(=O)CCCCC[CH2][Sb]([CH2]C)[CH2]C. The zero-order chi connectivity index (χ0) is 12.2. The molecule has 16 heavy (non-hydrogen) atoms. The van der Waals surface area contributed by atoms with Crippen molar-refractivity contribution in [3.8, 4) is 0 Å². The first-order valence-electron chi connectivity index (χ1n) is 6.62. The number of carbonyl (C=O) groups is 1. The van der Waals surface area contributed by atoms with Crippen molar-refractivity contribution in [2.75, 3.05) is 6.61 Å². The Kier molecular flexibility index (Phi) is 12.0. The molecule has 0 aliphatic rings. The number of esters is 1. The Morgan fingerprint density at radius 3 is 2.19 bits per heavy atom. The molecule has 0 N–H and O–H groups in total. The third-order valence-corrected chi connectivity index (χ3v) is 10.6. The molecule has 0 atom stereocenters. The van der Waals surface area contributed by atoms with Crippen molar-refractivity contribution in [2.45, 2.75) is 66.0 Å². The first kappa shape index (κ1) is 16.3. The quantitative estimate of drug-likeness (QED) is 0.342. The van der Waals surface area contributed by atoms with Crippen LogP contribution < -0.4 is 0 Å². The number of unbranched alkanes of at least 4 members (excludes halogenated alkanes) is 3. The van der Waals surface area contributed by atoms with Gasteiger partial charge in [-0.05, 0) is 0 Å². The number of hydrogen-bond donors (Lipinski definition) is 0. The van der Waals surface area contributed by atoms with Crippen LogP contribution in [0.25, 0.3) is 0 Å². The van der Waals surface area contributed by atoms with E-state index in [-0.39, 0.29) is 5.97 Å². The van der Waals surface area contributed by atoms with Crippen LogP contribution in [0.1, 0.15) is 52.9 Å². The summed E-state index contributed by atoms with van der Waals surface area (Å²) in [6.07, 6.45) is 5.52. The van der Waals surface area contributed by atoms with Crippen LogP contribution in [0.4, 0.5) is 0 Å². The van der Waals surface area contributed by atoms with Gasteiger partial charge in [-0.2, -0.15) is 0 Å². The molecule has 0 aromatic heterocycles. The molecule has 3 heteroatoms. The van der Waals surface area contributed by atoms with Gasteiger partial charge in [-0.1, -0.05) is 0 Å². The Labute approximate surface area is 108 Å². The molecule has 2 nitrogen and oxygen atoms in total. The monoisotopic (exact) mass is 336 g/mol. The second kappa shape index (κ2) is 11.8. The van der Waals surface area contributed by atoms with Crippen LogP contribution in [0, 0.1) is 0 Å². The van der Waals surface area contributed by atoms with Crippen molar-refractivity contribution in [2.24, 2.45) is 0 Å². The zero-order valence-electron chi connectivity index (χ0n) is 11.1. The van der Waals surface area contributed by atoms with E-state index < -0.39 is 20.2 Å². The first-order valence-corrected chi connectivity index (χ1v) is 12.0. The van der Waals surface area contributed by atoms with Gasteiger partial charge in [0.2, 0.25) is 0 Å². The minimum atomic E-state index is -0.774. The molecular formula is C13H27O2Sb. The maximum atomic E-state index is 11.1. The van der Waals surface area contributed by atoms with Crippen molar-refractivity contribution >= 4 is 26.2 Å². The number of hydrogen-bond acceptors (Lipinski definition) is 2. The second-order valence-corrected chi connectivity index (χ2v) is 12.7. The fraction of sp³-hybridized carbons (Fsp3) is 0.923. The average molecular weight is 337 g/mol. The molecule has 0 heterocycles. The minimum absolute atomic E-state index is 0.0279. The van der Waals surface area contributed by atoms with Crippen molar-refractivity contribution in [1.29, 1.82) is 0 Å². The van der Waals surface area contributed by atoms with E-state index in [1.54, 1.807) is 0 Å². The second-order valence-electron chi connectivity index (χ2n) is 4.00. The van der Waals surface area contributed by atoms with E-state index >= 15 is 0 Å². The van der Waals surface area contributed by atoms with Crippen LogP contribution in [0.3, 0.4) is 0 Å². The van der Waals surface area contributed by atoms with E-state index in [1.807, 2.05) is 6.92 Å². The fourth-order valence-corrected chi connectivity index (χ4v) is 6.73. The van der Waals surface area contributed by atoms with Crippen LogP contribution in [0.5, 0.6) is 0 Å². The summed E-state index contributed by atoms with van der Waals surface area (Å²) in [7, 11) is 0. The number of carbonyl (C=O) groups excluding carboxylic acids is 1. The summed E-state index contributed by atoms with van der Waals surface area (Å²) in [5.74, 6) is -0.0279. The van der Waals surface area contributed by atoms with Crippen molar-refractivity contribution < 1.29 is 9.53 Å². The molecule has 0 spiro atoms. The summed E-state index contributed by atoms with van der Waals surface area (Å²) in [6.45, 7) is 7.08. The van der Waals surface area contributed by atoms with Gasteiger partial charge in [0.05, 0.1) is 0 Å².